The molecule has 78 valence electrons. The van der Waals surface area contributed by atoms with Gasteiger partial charge in [0.05, 0.1) is 0 Å². The third-order valence-electron chi connectivity index (χ3n) is 2.67. The highest BCUT2D eigenvalue weighted by Gasteiger charge is 2.31. The van der Waals surface area contributed by atoms with E-state index in [1.165, 1.54) is 12.8 Å². The third kappa shape index (κ3) is 3.49. The smallest absolute Gasteiger partial charge is 0.0479 e. The minimum absolute atomic E-state index is 0.433. The Labute approximate surface area is 85.8 Å². The van der Waals surface area contributed by atoms with E-state index in [0.717, 1.165) is 19.8 Å². The van der Waals surface area contributed by atoms with Crippen LogP contribution in [-0.4, -0.2) is 36.8 Å². The molecule has 0 aromatic rings. The standard InChI is InChI=1S/C10H21NOS/c1-9(2)11-8-10(13-3)4-6-12-7-5-10/h9,11H,4-8H2,1-3H3. The molecule has 1 heterocycles. The van der Waals surface area contributed by atoms with Crippen LogP contribution in [0.1, 0.15) is 26.7 Å². The van der Waals surface area contributed by atoms with Gasteiger partial charge < -0.3 is 10.1 Å². The lowest BCUT2D eigenvalue weighted by molar-refractivity contribution is 0.0768. The molecule has 1 N–H and O–H groups in total. The van der Waals surface area contributed by atoms with Gasteiger partial charge in [0, 0.05) is 30.5 Å². The predicted octanol–water partition coefficient (Wildman–Crippen LogP) is 1.90. The summed E-state index contributed by atoms with van der Waals surface area (Å²) in [7, 11) is 0. The van der Waals surface area contributed by atoms with Crippen molar-refractivity contribution in [2.45, 2.75) is 37.5 Å². The summed E-state index contributed by atoms with van der Waals surface area (Å²) < 4.78 is 5.83. The van der Waals surface area contributed by atoms with E-state index in [0.29, 0.717) is 10.8 Å². The Hall–Kier alpha value is 0.270. The Bertz CT molecular complexity index is 144. The molecule has 0 radical (unpaired) electrons. The lowest BCUT2D eigenvalue weighted by Gasteiger charge is -2.36. The lowest BCUT2D eigenvalue weighted by Crippen LogP contribution is -2.44. The Morgan fingerprint density at radius 1 is 1.38 bits per heavy atom. The molecule has 0 bridgehead atoms. The van der Waals surface area contributed by atoms with Gasteiger partial charge in [0.15, 0.2) is 0 Å². The van der Waals surface area contributed by atoms with Gasteiger partial charge in [0.25, 0.3) is 0 Å². The molecule has 0 unspecified atom stereocenters. The Kier molecular flexibility index (Phi) is 4.56. The number of hydrogen-bond donors (Lipinski definition) is 1. The van der Waals surface area contributed by atoms with Crippen LogP contribution in [0.2, 0.25) is 0 Å². The molecule has 0 aliphatic carbocycles. The fraction of sp³-hybridized carbons (Fsp3) is 1.00. The van der Waals surface area contributed by atoms with Crippen molar-refractivity contribution in [3.05, 3.63) is 0 Å². The zero-order valence-corrected chi connectivity index (χ0v) is 9.75. The molecule has 0 aromatic heterocycles. The van der Waals surface area contributed by atoms with E-state index in [1.807, 2.05) is 11.8 Å². The predicted molar refractivity (Wildman–Crippen MR) is 59.4 cm³/mol. The fourth-order valence-corrected chi connectivity index (χ4v) is 2.39. The molecule has 2 nitrogen and oxygen atoms in total. The monoisotopic (exact) mass is 203 g/mol. The first-order valence-electron chi connectivity index (χ1n) is 5.05. The highest BCUT2D eigenvalue weighted by Crippen LogP contribution is 2.32. The summed E-state index contributed by atoms with van der Waals surface area (Å²) >= 11 is 1.99. The van der Waals surface area contributed by atoms with Gasteiger partial charge >= 0.3 is 0 Å². The first kappa shape index (κ1) is 11.3. The summed E-state index contributed by atoms with van der Waals surface area (Å²) in [6.45, 7) is 7.39. The van der Waals surface area contributed by atoms with Crippen molar-refractivity contribution in [3.63, 3.8) is 0 Å². The summed E-state index contributed by atoms with van der Waals surface area (Å²) in [5.41, 5.74) is 0. The minimum Gasteiger partial charge on any atom is -0.381 e. The number of nitrogens with one attached hydrogen (secondary N) is 1. The summed E-state index contributed by atoms with van der Waals surface area (Å²) in [5, 5.41) is 3.53. The van der Waals surface area contributed by atoms with Gasteiger partial charge in [-0.3, -0.25) is 0 Å². The van der Waals surface area contributed by atoms with Gasteiger partial charge in [-0.05, 0) is 19.1 Å². The number of hydrogen-bond acceptors (Lipinski definition) is 3. The molecule has 13 heavy (non-hydrogen) atoms. The molecule has 1 aliphatic rings. The van der Waals surface area contributed by atoms with Crippen LogP contribution >= 0.6 is 11.8 Å². The number of thioether (sulfide) groups is 1. The maximum atomic E-state index is 5.39. The van der Waals surface area contributed by atoms with Gasteiger partial charge in [0.2, 0.25) is 0 Å². The molecule has 3 heteroatoms. The molecule has 1 rings (SSSR count). The summed E-state index contributed by atoms with van der Waals surface area (Å²) in [6, 6.07) is 0.590. The van der Waals surface area contributed by atoms with Crippen LogP contribution in [0.3, 0.4) is 0 Å². The zero-order valence-electron chi connectivity index (χ0n) is 8.93. The van der Waals surface area contributed by atoms with Crippen molar-refractivity contribution in [1.29, 1.82) is 0 Å². The molecule has 0 amide bonds. The Morgan fingerprint density at radius 3 is 2.46 bits per heavy atom. The summed E-state index contributed by atoms with van der Waals surface area (Å²) in [5.74, 6) is 0. The van der Waals surface area contributed by atoms with Gasteiger partial charge in [0.1, 0.15) is 0 Å². The average molecular weight is 203 g/mol. The summed E-state index contributed by atoms with van der Waals surface area (Å²) in [6.07, 6.45) is 4.59. The van der Waals surface area contributed by atoms with E-state index in [1.54, 1.807) is 0 Å². The highest BCUT2D eigenvalue weighted by molar-refractivity contribution is 8.00. The molecule has 1 fully saturated rings. The summed E-state index contributed by atoms with van der Waals surface area (Å²) in [4.78, 5) is 0. The van der Waals surface area contributed by atoms with E-state index in [9.17, 15) is 0 Å². The second-order valence-corrected chi connectivity index (χ2v) is 5.31. The number of rotatable bonds is 4. The first-order chi connectivity index (χ1) is 6.18. The van der Waals surface area contributed by atoms with Gasteiger partial charge in [-0.15, -0.1) is 0 Å². The second-order valence-electron chi connectivity index (χ2n) is 4.04. The van der Waals surface area contributed by atoms with Crippen LogP contribution in [-0.2, 0) is 4.74 Å². The Balaban J connectivity index is 2.38. The van der Waals surface area contributed by atoms with Gasteiger partial charge in [-0.2, -0.15) is 11.8 Å². The molecule has 0 spiro atoms. The van der Waals surface area contributed by atoms with E-state index < -0.39 is 0 Å². The molecule has 1 saturated heterocycles. The quantitative estimate of drug-likeness (QED) is 0.754. The van der Waals surface area contributed by atoms with Crippen LogP contribution in [0.4, 0.5) is 0 Å². The zero-order chi connectivity index (χ0) is 9.73. The van der Waals surface area contributed by atoms with E-state index in [-0.39, 0.29) is 0 Å². The minimum atomic E-state index is 0.433. The number of ether oxygens (including phenoxy) is 1. The van der Waals surface area contributed by atoms with Crippen molar-refractivity contribution < 1.29 is 4.74 Å². The van der Waals surface area contributed by atoms with Crippen LogP contribution in [0, 0.1) is 0 Å². The molecule has 0 saturated carbocycles. The largest absolute Gasteiger partial charge is 0.381 e. The fourth-order valence-electron chi connectivity index (χ4n) is 1.59. The van der Waals surface area contributed by atoms with Gasteiger partial charge in [-0.25, -0.2) is 0 Å². The lowest BCUT2D eigenvalue weighted by atomic mass is 9.99. The van der Waals surface area contributed by atoms with E-state index >= 15 is 0 Å². The molecule has 1 aliphatic heterocycles. The maximum absolute atomic E-state index is 5.39. The maximum Gasteiger partial charge on any atom is 0.0479 e. The molecular weight excluding hydrogens is 182 g/mol. The Morgan fingerprint density at radius 2 is 2.00 bits per heavy atom. The highest BCUT2D eigenvalue weighted by atomic mass is 32.2. The molecule has 0 aromatic carbocycles. The second kappa shape index (κ2) is 5.23. The van der Waals surface area contributed by atoms with Crippen LogP contribution in [0.25, 0.3) is 0 Å². The third-order valence-corrected chi connectivity index (χ3v) is 4.09. The van der Waals surface area contributed by atoms with Crippen molar-refractivity contribution in [3.8, 4) is 0 Å². The van der Waals surface area contributed by atoms with Crippen molar-refractivity contribution in [2.75, 3.05) is 26.0 Å². The normalized spacial score (nSPS) is 22.2. The SMILES string of the molecule is CSC1(CNC(C)C)CCOCC1. The molecular formula is C10H21NOS. The van der Waals surface area contributed by atoms with Crippen molar-refractivity contribution >= 4 is 11.8 Å². The van der Waals surface area contributed by atoms with Crippen LogP contribution in [0.15, 0.2) is 0 Å². The molecule has 0 atom stereocenters. The van der Waals surface area contributed by atoms with E-state index in [2.05, 4.69) is 25.4 Å². The topological polar surface area (TPSA) is 21.3 Å². The average Bonchev–Trinajstić information content (AvgIpc) is 2.16. The van der Waals surface area contributed by atoms with Crippen LogP contribution < -0.4 is 5.32 Å². The van der Waals surface area contributed by atoms with Crippen LogP contribution in [0.5, 0.6) is 0 Å². The van der Waals surface area contributed by atoms with Crippen molar-refractivity contribution in [1.82, 2.24) is 5.32 Å². The van der Waals surface area contributed by atoms with Crippen molar-refractivity contribution in [2.24, 2.45) is 0 Å². The van der Waals surface area contributed by atoms with Gasteiger partial charge in [-0.1, -0.05) is 13.8 Å². The van der Waals surface area contributed by atoms with E-state index in [4.69, 9.17) is 4.74 Å². The first-order valence-corrected chi connectivity index (χ1v) is 6.27.